The third kappa shape index (κ3) is 3.55. The number of amides is 1. The average Bonchev–Trinajstić information content (AvgIpc) is 2.62. The second-order valence-electron chi connectivity index (χ2n) is 4.98. The Balaban J connectivity index is 1.81. The number of nitrogens with one attached hydrogen (secondary N) is 1. The van der Waals surface area contributed by atoms with E-state index in [0.29, 0.717) is 28.4 Å². The molecular weight excluding hydrogens is 309 g/mol. The topological polar surface area (TPSA) is 64.1 Å². The van der Waals surface area contributed by atoms with Crippen LogP contribution in [0.1, 0.15) is 10.4 Å². The van der Waals surface area contributed by atoms with E-state index in [2.05, 4.69) is 15.3 Å². The van der Waals surface area contributed by atoms with Gasteiger partial charge in [0.2, 0.25) is 5.88 Å². The molecule has 3 rings (SSSR count). The molecule has 0 saturated carbocycles. The smallest absolute Gasteiger partial charge is 0.255 e. The number of nitrogens with zero attached hydrogens (tertiary/aromatic N) is 2. The van der Waals surface area contributed by atoms with Crippen LogP contribution in [-0.4, -0.2) is 23.0 Å². The van der Waals surface area contributed by atoms with E-state index in [1.165, 1.54) is 31.6 Å². The molecule has 1 amide bonds. The van der Waals surface area contributed by atoms with Crippen LogP contribution in [0.4, 0.5) is 10.1 Å². The zero-order valence-corrected chi connectivity index (χ0v) is 12.9. The fourth-order valence-corrected chi connectivity index (χ4v) is 2.16. The highest BCUT2D eigenvalue weighted by atomic mass is 19.1. The molecule has 2 aromatic heterocycles. The number of ether oxygens (including phenoxy) is 1. The summed E-state index contributed by atoms with van der Waals surface area (Å²) < 4.78 is 18.3. The van der Waals surface area contributed by atoms with Gasteiger partial charge in [-0.05, 0) is 30.3 Å². The van der Waals surface area contributed by atoms with Crippen LogP contribution >= 0.6 is 0 Å². The maximum atomic E-state index is 13.3. The molecule has 2 heterocycles. The van der Waals surface area contributed by atoms with Gasteiger partial charge in [-0.15, -0.1) is 0 Å². The average molecular weight is 323 g/mol. The first kappa shape index (κ1) is 15.6. The lowest BCUT2D eigenvalue weighted by Gasteiger charge is -2.07. The number of hydrogen-bond donors (Lipinski definition) is 1. The normalized spacial score (nSPS) is 10.2. The lowest BCUT2D eigenvalue weighted by atomic mass is 10.1. The molecular formula is C18H14FN3O2. The summed E-state index contributed by atoms with van der Waals surface area (Å²) in [5.74, 6) is -0.194. The minimum Gasteiger partial charge on any atom is -0.481 e. The van der Waals surface area contributed by atoms with Crippen LogP contribution in [0.25, 0.3) is 11.3 Å². The van der Waals surface area contributed by atoms with Crippen LogP contribution in [0.3, 0.4) is 0 Å². The van der Waals surface area contributed by atoms with Crippen molar-refractivity contribution in [3.05, 3.63) is 72.3 Å². The van der Waals surface area contributed by atoms with Gasteiger partial charge in [-0.2, -0.15) is 0 Å². The van der Waals surface area contributed by atoms with Gasteiger partial charge in [-0.25, -0.2) is 9.37 Å². The van der Waals surface area contributed by atoms with Gasteiger partial charge in [-0.3, -0.25) is 9.78 Å². The standard InChI is InChI=1S/C18H14FN3O2/c1-24-17-6-5-15(11-21-17)22-18(23)13-7-8-20-16(10-13)12-3-2-4-14(19)9-12/h2-11H,1H3,(H,22,23). The van der Waals surface area contributed by atoms with Crippen molar-refractivity contribution in [1.29, 1.82) is 0 Å². The second kappa shape index (κ2) is 6.87. The second-order valence-corrected chi connectivity index (χ2v) is 4.98. The minimum absolute atomic E-state index is 0.304. The number of halogens is 1. The number of hydrogen-bond acceptors (Lipinski definition) is 4. The van der Waals surface area contributed by atoms with Gasteiger partial charge in [0.05, 0.1) is 24.7 Å². The molecule has 120 valence electrons. The number of aromatic nitrogens is 2. The Morgan fingerprint density at radius 3 is 2.71 bits per heavy atom. The van der Waals surface area contributed by atoms with Crippen molar-refractivity contribution >= 4 is 11.6 Å². The van der Waals surface area contributed by atoms with E-state index in [9.17, 15) is 9.18 Å². The summed E-state index contributed by atoms with van der Waals surface area (Å²) in [6, 6.07) is 12.6. The van der Waals surface area contributed by atoms with Crippen LogP contribution < -0.4 is 10.1 Å². The lowest BCUT2D eigenvalue weighted by Crippen LogP contribution is -2.12. The van der Waals surface area contributed by atoms with Gasteiger partial charge >= 0.3 is 0 Å². The van der Waals surface area contributed by atoms with Crippen LogP contribution in [-0.2, 0) is 0 Å². The van der Waals surface area contributed by atoms with Crippen molar-refractivity contribution < 1.29 is 13.9 Å². The largest absolute Gasteiger partial charge is 0.481 e. The number of anilines is 1. The number of carbonyl (C=O) groups is 1. The van der Waals surface area contributed by atoms with Gasteiger partial charge in [0, 0.05) is 23.4 Å². The Kier molecular flexibility index (Phi) is 4.47. The molecule has 0 unspecified atom stereocenters. The number of rotatable bonds is 4. The summed E-state index contributed by atoms with van der Waals surface area (Å²) in [4.78, 5) is 20.6. The highest BCUT2D eigenvalue weighted by molar-refractivity contribution is 6.04. The van der Waals surface area contributed by atoms with E-state index in [0.717, 1.165) is 0 Å². The summed E-state index contributed by atoms with van der Waals surface area (Å²) in [6.07, 6.45) is 3.02. The van der Waals surface area contributed by atoms with Crippen molar-refractivity contribution in [3.8, 4) is 17.1 Å². The van der Waals surface area contributed by atoms with Gasteiger partial charge < -0.3 is 10.1 Å². The van der Waals surface area contributed by atoms with Crippen molar-refractivity contribution in [3.63, 3.8) is 0 Å². The molecule has 24 heavy (non-hydrogen) atoms. The molecule has 1 N–H and O–H groups in total. The molecule has 0 aliphatic carbocycles. The Morgan fingerprint density at radius 1 is 1.12 bits per heavy atom. The predicted molar refractivity (Wildman–Crippen MR) is 88.4 cm³/mol. The van der Waals surface area contributed by atoms with E-state index in [1.54, 1.807) is 36.4 Å². The third-order valence-corrected chi connectivity index (χ3v) is 3.35. The molecule has 0 aliphatic rings. The summed E-state index contributed by atoms with van der Waals surface area (Å²) in [5, 5.41) is 2.74. The number of pyridine rings is 2. The van der Waals surface area contributed by atoms with Gasteiger partial charge in [-0.1, -0.05) is 12.1 Å². The molecule has 0 saturated heterocycles. The summed E-state index contributed by atoms with van der Waals surface area (Å²) >= 11 is 0. The Hall–Kier alpha value is -3.28. The number of carbonyl (C=O) groups excluding carboxylic acids is 1. The molecule has 0 fully saturated rings. The van der Waals surface area contributed by atoms with Crippen molar-refractivity contribution in [2.75, 3.05) is 12.4 Å². The van der Waals surface area contributed by atoms with Crippen molar-refractivity contribution in [1.82, 2.24) is 9.97 Å². The Labute approximate surface area is 138 Å². The van der Waals surface area contributed by atoms with E-state index in [-0.39, 0.29) is 11.7 Å². The molecule has 0 aliphatic heterocycles. The van der Waals surface area contributed by atoms with Gasteiger partial charge in [0.25, 0.3) is 5.91 Å². The highest BCUT2D eigenvalue weighted by Gasteiger charge is 2.09. The molecule has 5 nitrogen and oxygen atoms in total. The van der Waals surface area contributed by atoms with Crippen LogP contribution in [0.5, 0.6) is 5.88 Å². The van der Waals surface area contributed by atoms with Gasteiger partial charge in [0.1, 0.15) is 5.82 Å². The predicted octanol–water partition coefficient (Wildman–Crippen LogP) is 3.54. The maximum absolute atomic E-state index is 13.3. The highest BCUT2D eigenvalue weighted by Crippen LogP contribution is 2.19. The molecule has 3 aromatic rings. The lowest BCUT2D eigenvalue weighted by molar-refractivity contribution is 0.102. The van der Waals surface area contributed by atoms with Crippen molar-refractivity contribution in [2.45, 2.75) is 0 Å². The molecule has 0 radical (unpaired) electrons. The zero-order valence-electron chi connectivity index (χ0n) is 12.9. The fraction of sp³-hybridized carbons (Fsp3) is 0.0556. The van der Waals surface area contributed by atoms with Crippen LogP contribution in [0, 0.1) is 5.82 Å². The molecule has 0 bridgehead atoms. The fourth-order valence-electron chi connectivity index (χ4n) is 2.16. The Bertz CT molecular complexity index is 866. The number of benzene rings is 1. The van der Waals surface area contributed by atoms with Crippen molar-refractivity contribution in [2.24, 2.45) is 0 Å². The van der Waals surface area contributed by atoms with E-state index < -0.39 is 0 Å². The summed E-state index contributed by atoms with van der Waals surface area (Å²) in [7, 11) is 1.52. The number of methoxy groups -OCH3 is 1. The molecule has 1 aromatic carbocycles. The molecule has 0 atom stereocenters. The van der Waals surface area contributed by atoms with E-state index >= 15 is 0 Å². The first-order valence-electron chi connectivity index (χ1n) is 7.19. The first-order chi connectivity index (χ1) is 11.7. The Morgan fingerprint density at radius 2 is 2.00 bits per heavy atom. The van der Waals surface area contributed by atoms with Crippen LogP contribution in [0.2, 0.25) is 0 Å². The summed E-state index contributed by atoms with van der Waals surface area (Å²) in [6.45, 7) is 0. The molecule has 0 spiro atoms. The van der Waals surface area contributed by atoms with Crippen LogP contribution in [0.15, 0.2) is 60.9 Å². The minimum atomic E-state index is -0.353. The first-order valence-corrected chi connectivity index (χ1v) is 7.19. The quantitative estimate of drug-likeness (QED) is 0.797. The summed E-state index contributed by atoms with van der Waals surface area (Å²) in [5.41, 5.74) is 2.09. The maximum Gasteiger partial charge on any atom is 0.255 e. The van der Waals surface area contributed by atoms with E-state index in [4.69, 9.17) is 4.74 Å². The van der Waals surface area contributed by atoms with Gasteiger partial charge in [0.15, 0.2) is 0 Å². The third-order valence-electron chi connectivity index (χ3n) is 3.35. The van der Waals surface area contributed by atoms with E-state index in [1.807, 2.05) is 0 Å². The SMILES string of the molecule is COc1ccc(NC(=O)c2ccnc(-c3cccc(F)c3)c2)cn1. The zero-order chi connectivity index (χ0) is 16.9. The molecule has 6 heteroatoms. The monoisotopic (exact) mass is 323 g/mol.